The van der Waals surface area contributed by atoms with Gasteiger partial charge in [0.15, 0.2) is 0 Å². The van der Waals surface area contributed by atoms with Gasteiger partial charge >= 0.3 is 0 Å². The molecule has 1 aromatic carbocycles. The molecular formula is C15H14N4OS. The fraction of sp³-hybridized carbons (Fsp3) is 0.133. The molecule has 0 aliphatic carbocycles. The Bertz CT molecular complexity index is 690. The van der Waals surface area contributed by atoms with Gasteiger partial charge in [0, 0.05) is 6.54 Å². The quantitative estimate of drug-likeness (QED) is 0.786. The number of thiophene rings is 1. The molecule has 0 aliphatic rings. The molecule has 0 spiro atoms. The summed E-state index contributed by atoms with van der Waals surface area (Å²) >= 11 is 1.44. The molecule has 0 fully saturated rings. The molecule has 2 aromatic heterocycles. The van der Waals surface area contributed by atoms with Crippen molar-refractivity contribution in [3.05, 3.63) is 70.4 Å². The zero-order valence-electron chi connectivity index (χ0n) is 11.3. The third-order valence-electron chi connectivity index (χ3n) is 3.03. The number of carbonyl (C=O) groups excluding carboxylic acids is 1. The van der Waals surface area contributed by atoms with Crippen LogP contribution in [0.2, 0.25) is 0 Å². The van der Waals surface area contributed by atoms with Gasteiger partial charge in [0.2, 0.25) is 0 Å². The highest BCUT2D eigenvalue weighted by atomic mass is 32.1. The minimum absolute atomic E-state index is 0.0308. The lowest BCUT2D eigenvalue weighted by atomic mass is 10.1. The molecular weight excluding hydrogens is 284 g/mol. The Morgan fingerprint density at radius 3 is 2.67 bits per heavy atom. The highest BCUT2D eigenvalue weighted by molar-refractivity contribution is 7.12. The van der Waals surface area contributed by atoms with E-state index in [9.17, 15) is 4.79 Å². The zero-order valence-corrected chi connectivity index (χ0v) is 12.1. The Labute approximate surface area is 126 Å². The molecule has 2 heterocycles. The van der Waals surface area contributed by atoms with Crippen LogP contribution in [0.5, 0.6) is 0 Å². The van der Waals surface area contributed by atoms with Crippen LogP contribution >= 0.6 is 11.3 Å². The summed E-state index contributed by atoms with van der Waals surface area (Å²) in [6, 6.07) is 11.8. The van der Waals surface area contributed by atoms with Crippen molar-refractivity contribution in [2.75, 3.05) is 0 Å². The number of nitrogens with one attached hydrogen (secondary N) is 1. The fourth-order valence-electron chi connectivity index (χ4n) is 1.94. The van der Waals surface area contributed by atoms with Crippen molar-refractivity contribution in [2.45, 2.75) is 13.1 Å². The van der Waals surface area contributed by atoms with Gasteiger partial charge in [0.05, 0.1) is 11.4 Å². The maximum Gasteiger partial charge on any atom is 0.261 e. The summed E-state index contributed by atoms with van der Waals surface area (Å²) in [6.07, 6.45) is 3.21. The molecule has 0 saturated heterocycles. The lowest BCUT2D eigenvalue weighted by Gasteiger charge is -2.06. The van der Waals surface area contributed by atoms with Crippen LogP contribution < -0.4 is 5.32 Å². The summed E-state index contributed by atoms with van der Waals surface area (Å²) in [7, 11) is 0. The molecule has 106 valence electrons. The second kappa shape index (κ2) is 6.32. The second-order valence-corrected chi connectivity index (χ2v) is 5.52. The summed E-state index contributed by atoms with van der Waals surface area (Å²) in [6.45, 7) is 1.22. The molecule has 0 radical (unpaired) electrons. The van der Waals surface area contributed by atoms with Crippen molar-refractivity contribution in [3.63, 3.8) is 0 Å². The van der Waals surface area contributed by atoms with Gasteiger partial charge in [-0.05, 0) is 22.6 Å². The molecule has 3 rings (SSSR count). The van der Waals surface area contributed by atoms with Crippen LogP contribution in [0, 0.1) is 0 Å². The van der Waals surface area contributed by atoms with Gasteiger partial charge in [-0.2, -0.15) is 5.10 Å². The van der Waals surface area contributed by atoms with E-state index in [2.05, 4.69) is 15.4 Å². The second-order valence-electron chi connectivity index (χ2n) is 4.57. The molecule has 0 bridgehead atoms. The van der Waals surface area contributed by atoms with Crippen molar-refractivity contribution in [1.29, 1.82) is 0 Å². The predicted molar refractivity (Wildman–Crippen MR) is 81.1 cm³/mol. The molecule has 3 aromatic rings. The first-order valence-corrected chi connectivity index (χ1v) is 7.41. The van der Waals surface area contributed by atoms with E-state index in [0.29, 0.717) is 13.1 Å². The minimum atomic E-state index is -0.0308. The number of aromatic nitrogens is 3. The van der Waals surface area contributed by atoms with Gasteiger partial charge in [-0.15, -0.1) is 11.3 Å². The Morgan fingerprint density at radius 2 is 2.00 bits per heavy atom. The maximum absolute atomic E-state index is 11.8. The van der Waals surface area contributed by atoms with E-state index in [0.717, 1.165) is 16.0 Å². The number of amides is 1. The maximum atomic E-state index is 11.8. The smallest absolute Gasteiger partial charge is 0.261 e. The number of hydrogen-bond donors (Lipinski definition) is 1. The Kier molecular flexibility index (Phi) is 4.07. The van der Waals surface area contributed by atoms with Crippen molar-refractivity contribution < 1.29 is 4.79 Å². The molecule has 1 N–H and O–H groups in total. The molecule has 5 nitrogen and oxygen atoms in total. The molecule has 0 saturated carbocycles. The Balaban J connectivity index is 1.56. The summed E-state index contributed by atoms with van der Waals surface area (Å²) in [5, 5.41) is 8.88. The molecule has 21 heavy (non-hydrogen) atoms. The van der Waals surface area contributed by atoms with Crippen molar-refractivity contribution in [1.82, 2.24) is 20.1 Å². The van der Waals surface area contributed by atoms with Gasteiger partial charge in [-0.3, -0.25) is 4.79 Å². The number of benzene rings is 1. The van der Waals surface area contributed by atoms with Crippen LogP contribution in [0.3, 0.4) is 0 Å². The van der Waals surface area contributed by atoms with E-state index in [4.69, 9.17) is 0 Å². The first kappa shape index (κ1) is 13.5. The van der Waals surface area contributed by atoms with Crippen LogP contribution in [0.15, 0.2) is 54.4 Å². The summed E-state index contributed by atoms with van der Waals surface area (Å²) < 4.78 is 1.77. The first-order valence-electron chi connectivity index (χ1n) is 6.53. The van der Waals surface area contributed by atoms with Gasteiger partial charge in [-0.25, -0.2) is 9.67 Å². The Morgan fingerprint density at radius 1 is 1.19 bits per heavy atom. The number of hydrogen-bond acceptors (Lipinski definition) is 4. The highest BCUT2D eigenvalue weighted by Crippen LogP contribution is 2.09. The van der Waals surface area contributed by atoms with Crippen molar-refractivity contribution >= 4 is 17.2 Å². The zero-order chi connectivity index (χ0) is 14.5. The van der Waals surface area contributed by atoms with E-state index >= 15 is 0 Å². The van der Waals surface area contributed by atoms with Gasteiger partial charge < -0.3 is 5.32 Å². The van der Waals surface area contributed by atoms with Crippen molar-refractivity contribution in [3.8, 4) is 0 Å². The molecule has 0 aliphatic heterocycles. The van der Waals surface area contributed by atoms with E-state index in [1.807, 2.05) is 41.8 Å². The van der Waals surface area contributed by atoms with E-state index < -0.39 is 0 Å². The van der Waals surface area contributed by atoms with Crippen LogP contribution in [-0.2, 0) is 13.1 Å². The molecule has 6 heteroatoms. The topological polar surface area (TPSA) is 59.8 Å². The average molecular weight is 298 g/mol. The summed E-state index contributed by atoms with van der Waals surface area (Å²) in [5.74, 6) is -0.0308. The average Bonchev–Trinajstić information content (AvgIpc) is 3.19. The van der Waals surface area contributed by atoms with E-state index in [1.54, 1.807) is 11.0 Å². The molecule has 1 amide bonds. The van der Waals surface area contributed by atoms with Crippen LogP contribution in [0.1, 0.15) is 20.8 Å². The summed E-state index contributed by atoms with van der Waals surface area (Å²) in [4.78, 5) is 16.5. The summed E-state index contributed by atoms with van der Waals surface area (Å²) in [5.41, 5.74) is 2.22. The third kappa shape index (κ3) is 3.55. The first-order chi connectivity index (χ1) is 10.3. The monoisotopic (exact) mass is 298 g/mol. The molecule has 0 atom stereocenters. The molecule has 0 unspecified atom stereocenters. The fourth-order valence-corrected chi connectivity index (χ4v) is 2.58. The standard InChI is InChI=1S/C15H14N4OS/c20-15(14-2-1-7-21-14)17-8-12-3-5-13(6-4-12)9-19-11-16-10-18-19/h1-7,10-11H,8-9H2,(H,17,20). The minimum Gasteiger partial charge on any atom is -0.347 e. The largest absolute Gasteiger partial charge is 0.347 e. The lowest BCUT2D eigenvalue weighted by Crippen LogP contribution is -2.21. The van der Waals surface area contributed by atoms with Crippen molar-refractivity contribution in [2.24, 2.45) is 0 Å². The highest BCUT2D eigenvalue weighted by Gasteiger charge is 2.05. The SMILES string of the molecule is O=C(NCc1ccc(Cn2cncn2)cc1)c1cccs1. The van der Waals surface area contributed by atoms with E-state index in [-0.39, 0.29) is 5.91 Å². The van der Waals surface area contributed by atoms with Crippen LogP contribution in [0.25, 0.3) is 0 Å². The predicted octanol–water partition coefficient (Wildman–Crippen LogP) is 2.32. The van der Waals surface area contributed by atoms with E-state index in [1.165, 1.54) is 17.7 Å². The third-order valence-corrected chi connectivity index (χ3v) is 3.90. The lowest BCUT2D eigenvalue weighted by molar-refractivity contribution is 0.0955. The number of nitrogens with zero attached hydrogens (tertiary/aromatic N) is 3. The van der Waals surface area contributed by atoms with Gasteiger partial charge in [0.1, 0.15) is 12.7 Å². The normalized spacial score (nSPS) is 10.5. The number of rotatable bonds is 5. The number of carbonyl (C=O) groups is 1. The van der Waals surface area contributed by atoms with Gasteiger partial charge in [0.25, 0.3) is 5.91 Å². The van der Waals surface area contributed by atoms with Crippen LogP contribution in [-0.4, -0.2) is 20.7 Å². The van der Waals surface area contributed by atoms with Gasteiger partial charge in [-0.1, -0.05) is 30.3 Å². The van der Waals surface area contributed by atoms with Crippen LogP contribution in [0.4, 0.5) is 0 Å². The Hall–Kier alpha value is -2.47.